The van der Waals surface area contributed by atoms with Gasteiger partial charge in [-0.1, -0.05) is 30.3 Å². The van der Waals surface area contributed by atoms with E-state index in [2.05, 4.69) is 0 Å². The Morgan fingerprint density at radius 1 is 1.12 bits per heavy atom. The van der Waals surface area contributed by atoms with Crippen LogP contribution >= 0.6 is 0 Å². The van der Waals surface area contributed by atoms with Crippen molar-refractivity contribution in [2.45, 2.75) is 13.0 Å². The van der Waals surface area contributed by atoms with Crippen molar-refractivity contribution in [2.24, 2.45) is 0 Å². The number of hydrogen-bond acceptors (Lipinski definition) is 2. The van der Waals surface area contributed by atoms with E-state index in [1.807, 2.05) is 36.4 Å². The molecule has 0 saturated heterocycles. The Bertz CT molecular complexity index is 497. The van der Waals surface area contributed by atoms with Crippen LogP contribution in [0.3, 0.4) is 0 Å². The molecule has 0 heterocycles. The molecule has 0 atom stereocenters. The second-order valence-corrected chi connectivity index (χ2v) is 3.81. The first kappa shape index (κ1) is 11.9. The molecule has 0 amide bonds. The highest BCUT2D eigenvalue weighted by molar-refractivity contribution is 5.87. The van der Waals surface area contributed by atoms with Crippen LogP contribution in [0.25, 0.3) is 10.8 Å². The Balaban J connectivity index is 2.35. The normalized spacial score (nSPS) is 10.7. The van der Waals surface area contributed by atoms with Crippen molar-refractivity contribution < 1.29 is 14.2 Å². The zero-order valence-corrected chi connectivity index (χ0v) is 9.53. The fourth-order valence-electron chi connectivity index (χ4n) is 1.85. The van der Waals surface area contributed by atoms with E-state index >= 15 is 0 Å². The number of aliphatic hydroxyl groups excluding tert-OH is 1. The number of alkyl halides is 1. The third-order valence-electron chi connectivity index (χ3n) is 2.69. The van der Waals surface area contributed by atoms with Gasteiger partial charge in [0.15, 0.2) is 0 Å². The average molecular weight is 234 g/mol. The Kier molecular flexibility index (Phi) is 3.94. The van der Waals surface area contributed by atoms with Crippen LogP contribution in [0.15, 0.2) is 36.4 Å². The number of fused-ring (bicyclic) bond motifs is 1. The lowest BCUT2D eigenvalue weighted by molar-refractivity contribution is 0.257. The third-order valence-corrected chi connectivity index (χ3v) is 2.69. The predicted molar refractivity (Wildman–Crippen MR) is 66.0 cm³/mol. The van der Waals surface area contributed by atoms with Crippen molar-refractivity contribution in [1.29, 1.82) is 0 Å². The highest BCUT2D eigenvalue weighted by atomic mass is 19.1. The lowest BCUT2D eigenvalue weighted by Gasteiger charge is -2.12. The average Bonchev–Trinajstić information content (AvgIpc) is 2.38. The topological polar surface area (TPSA) is 29.5 Å². The monoisotopic (exact) mass is 234 g/mol. The molecule has 0 aromatic heterocycles. The number of rotatable bonds is 5. The maximum Gasteiger partial charge on any atom is 0.125 e. The second kappa shape index (κ2) is 5.64. The summed E-state index contributed by atoms with van der Waals surface area (Å²) in [5.41, 5.74) is 0.766. The Labute approximate surface area is 99.6 Å². The minimum atomic E-state index is -0.387. The molecular formula is C14H15FO2. The molecule has 2 rings (SSSR count). The number of benzene rings is 2. The fraction of sp³-hybridized carbons (Fsp3) is 0.286. The largest absolute Gasteiger partial charge is 0.493 e. The van der Waals surface area contributed by atoms with Crippen LogP contribution in [0, 0.1) is 0 Å². The van der Waals surface area contributed by atoms with Gasteiger partial charge in [-0.25, -0.2) is 0 Å². The third kappa shape index (κ3) is 2.56. The van der Waals surface area contributed by atoms with Crippen molar-refractivity contribution in [1.82, 2.24) is 0 Å². The van der Waals surface area contributed by atoms with Crippen molar-refractivity contribution in [3.8, 4) is 5.75 Å². The summed E-state index contributed by atoms with van der Waals surface area (Å²) in [5, 5.41) is 11.5. The van der Waals surface area contributed by atoms with Crippen LogP contribution < -0.4 is 4.74 Å². The Hall–Kier alpha value is -1.61. The first-order chi connectivity index (χ1) is 8.36. The molecular weight excluding hydrogens is 219 g/mol. The summed E-state index contributed by atoms with van der Waals surface area (Å²) in [5.74, 6) is 0.639. The molecule has 0 fully saturated rings. The summed E-state index contributed by atoms with van der Waals surface area (Å²) in [6.45, 7) is -0.129. The molecule has 2 aromatic rings. The van der Waals surface area contributed by atoms with Gasteiger partial charge in [-0.15, -0.1) is 0 Å². The minimum Gasteiger partial charge on any atom is -0.493 e. The fourth-order valence-corrected chi connectivity index (χ4v) is 1.85. The van der Waals surface area contributed by atoms with Crippen molar-refractivity contribution >= 4 is 10.8 Å². The molecule has 0 aliphatic heterocycles. The molecule has 2 nitrogen and oxygen atoms in total. The number of ether oxygens (including phenoxy) is 1. The van der Waals surface area contributed by atoms with Crippen LogP contribution in [0.2, 0.25) is 0 Å². The Morgan fingerprint density at radius 2 is 1.94 bits per heavy atom. The molecule has 0 spiro atoms. The molecule has 0 radical (unpaired) electrons. The quantitative estimate of drug-likeness (QED) is 0.806. The molecule has 1 N–H and O–H groups in total. The summed E-state index contributed by atoms with van der Waals surface area (Å²) < 4.78 is 17.5. The van der Waals surface area contributed by atoms with Gasteiger partial charge >= 0.3 is 0 Å². The van der Waals surface area contributed by atoms with Crippen LogP contribution in [0.1, 0.15) is 12.0 Å². The van der Waals surface area contributed by atoms with E-state index in [9.17, 15) is 9.50 Å². The Morgan fingerprint density at radius 3 is 2.71 bits per heavy atom. The molecule has 0 aliphatic rings. The molecule has 0 saturated carbocycles. The standard InChI is InChI=1S/C14H15FO2/c15-8-3-9-17-14-7-6-11-4-1-2-5-12(11)13(14)10-16/h1-2,4-7,16H,3,8-10H2. The van der Waals surface area contributed by atoms with E-state index in [1.54, 1.807) is 0 Å². The van der Waals surface area contributed by atoms with Gasteiger partial charge in [0.2, 0.25) is 0 Å². The van der Waals surface area contributed by atoms with Gasteiger partial charge in [0.25, 0.3) is 0 Å². The predicted octanol–water partition coefficient (Wildman–Crippen LogP) is 3.07. The van der Waals surface area contributed by atoms with Gasteiger partial charge < -0.3 is 9.84 Å². The van der Waals surface area contributed by atoms with Crippen LogP contribution in [-0.4, -0.2) is 18.4 Å². The van der Waals surface area contributed by atoms with Crippen molar-refractivity contribution in [3.63, 3.8) is 0 Å². The highest BCUT2D eigenvalue weighted by Gasteiger charge is 2.07. The summed E-state index contributed by atoms with van der Waals surface area (Å²) in [4.78, 5) is 0. The van der Waals surface area contributed by atoms with Crippen LogP contribution in [0.5, 0.6) is 5.75 Å². The van der Waals surface area contributed by atoms with E-state index in [0.29, 0.717) is 18.8 Å². The van der Waals surface area contributed by atoms with Gasteiger partial charge in [-0.05, 0) is 16.8 Å². The summed E-state index contributed by atoms with van der Waals surface area (Å²) in [6.07, 6.45) is 0.373. The highest BCUT2D eigenvalue weighted by Crippen LogP contribution is 2.28. The summed E-state index contributed by atoms with van der Waals surface area (Å²) in [6, 6.07) is 11.6. The maximum atomic E-state index is 12.0. The smallest absolute Gasteiger partial charge is 0.125 e. The molecule has 3 heteroatoms. The zero-order valence-electron chi connectivity index (χ0n) is 9.53. The lowest BCUT2D eigenvalue weighted by Crippen LogP contribution is -2.01. The lowest BCUT2D eigenvalue weighted by atomic mass is 10.0. The van der Waals surface area contributed by atoms with E-state index in [1.165, 1.54) is 0 Å². The van der Waals surface area contributed by atoms with Gasteiger partial charge in [-0.2, -0.15) is 0 Å². The minimum absolute atomic E-state index is 0.0771. The first-order valence-electron chi connectivity index (χ1n) is 5.67. The summed E-state index contributed by atoms with van der Waals surface area (Å²) >= 11 is 0. The molecule has 90 valence electrons. The second-order valence-electron chi connectivity index (χ2n) is 3.81. The molecule has 17 heavy (non-hydrogen) atoms. The zero-order chi connectivity index (χ0) is 12.1. The van der Waals surface area contributed by atoms with E-state index in [4.69, 9.17) is 4.74 Å². The van der Waals surface area contributed by atoms with Gasteiger partial charge in [-0.3, -0.25) is 4.39 Å². The number of hydrogen-bond donors (Lipinski definition) is 1. The van der Waals surface area contributed by atoms with E-state index in [0.717, 1.165) is 16.3 Å². The summed E-state index contributed by atoms with van der Waals surface area (Å²) in [7, 11) is 0. The molecule has 0 aliphatic carbocycles. The van der Waals surface area contributed by atoms with E-state index in [-0.39, 0.29) is 13.3 Å². The van der Waals surface area contributed by atoms with Gasteiger partial charge in [0.05, 0.1) is 19.9 Å². The molecule has 0 bridgehead atoms. The van der Waals surface area contributed by atoms with Crippen LogP contribution in [0.4, 0.5) is 4.39 Å². The molecule has 2 aromatic carbocycles. The number of aliphatic hydroxyl groups is 1. The van der Waals surface area contributed by atoms with Crippen LogP contribution in [-0.2, 0) is 6.61 Å². The van der Waals surface area contributed by atoms with E-state index < -0.39 is 0 Å². The first-order valence-corrected chi connectivity index (χ1v) is 5.67. The van der Waals surface area contributed by atoms with Gasteiger partial charge in [0, 0.05) is 12.0 Å². The maximum absolute atomic E-state index is 12.0. The van der Waals surface area contributed by atoms with Crippen molar-refractivity contribution in [3.05, 3.63) is 42.0 Å². The SMILES string of the molecule is OCc1c(OCCCF)ccc2ccccc12. The molecule has 0 unspecified atom stereocenters. The number of halogens is 1. The van der Waals surface area contributed by atoms with Gasteiger partial charge in [0.1, 0.15) is 5.75 Å². The van der Waals surface area contributed by atoms with Crippen molar-refractivity contribution in [2.75, 3.05) is 13.3 Å².